The quantitative estimate of drug-likeness (QED) is 0.143. The van der Waals surface area contributed by atoms with Gasteiger partial charge < -0.3 is 13.7 Å². The monoisotopic (exact) mass is 1040 g/mol. The Bertz CT molecular complexity index is 5010. The minimum atomic E-state index is 0.559. The first-order chi connectivity index (χ1) is 40.2. The molecule has 0 N–H and O–H groups in total. The molecule has 0 saturated carbocycles. The van der Waals surface area contributed by atoms with Crippen LogP contribution < -0.4 is 0 Å². The van der Waals surface area contributed by atoms with Crippen molar-refractivity contribution in [2.24, 2.45) is 0 Å². The number of aromatic nitrogens is 9. The maximum Gasteiger partial charge on any atom is 0.166 e. The van der Waals surface area contributed by atoms with E-state index in [9.17, 15) is 0 Å². The van der Waals surface area contributed by atoms with Gasteiger partial charge in [0.2, 0.25) is 0 Å². The summed E-state index contributed by atoms with van der Waals surface area (Å²) in [6.45, 7) is 0. The molecule has 0 saturated heterocycles. The molecule has 16 rings (SSSR count). The lowest BCUT2D eigenvalue weighted by atomic mass is 10.1. The third-order valence-electron chi connectivity index (χ3n) is 15.6. The maximum absolute atomic E-state index is 5.51. The van der Waals surface area contributed by atoms with Crippen LogP contribution in [0.1, 0.15) is 0 Å². The largest absolute Gasteiger partial charge is 0.309 e. The molecule has 5 heterocycles. The standard InChI is InChI=1S/C72H45N9/c1-4-24-46(25-5-1)67-73-68(47-26-6-2-7-27-47)75-70(74-67)56-36-16-23-43-63(56)81-59-39-19-12-32-51(59)52-44-45-64-65(66(52)81)53-33-13-20-40-60(53)80(64)62-42-22-15-35-55(62)72-77-69(48-28-8-3-9-29-48)76-71(78-72)54-34-14-21-41-61(54)79-57-37-17-10-30-49(57)50-31-11-18-38-58(50)79/h1-45H. The molecule has 5 aromatic heterocycles. The molecular formula is C72H45N9. The zero-order valence-electron chi connectivity index (χ0n) is 43.5. The van der Waals surface area contributed by atoms with Gasteiger partial charge in [0.1, 0.15) is 0 Å². The van der Waals surface area contributed by atoms with Gasteiger partial charge in [-0.25, -0.2) is 29.9 Å². The molecule has 0 aliphatic rings. The third kappa shape index (κ3) is 7.47. The van der Waals surface area contributed by atoms with Gasteiger partial charge in [0.25, 0.3) is 0 Å². The van der Waals surface area contributed by atoms with Crippen molar-refractivity contribution < 1.29 is 0 Å². The molecule has 0 aliphatic carbocycles. The van der Waals surface area contributed by atoms with Gasteiger partial charge in [-0.1, -0.05) is 206 Å². The van der Waals surface area contributed by atoms with E-state index in [1.54, 1.807) is 0 Å². The van der Waals surface area contributed by atoms with E-state index in [0.717, 1.165) is 105 Å². The summed E-state index contributed by atoms with van der Waals surface area (Å²) < 4.78 is 7.14. The van der Waals surface area contributed by atoms with Crippen LogP contribution in [0.4, 0.5) is 0 Å². The van der Waals surface area contributed by atoms with Crippen LogP contribution in [-0.4, -0.2) is 43.6 Å². The molecule has 81 heavy (non-hydrogen) atoms. The maximum atomic E-state index is 5.51. The van der Waals surface area contributed by atoms with Crippen LogP contribution in [0.2, 0.25) is 0 Å². The summed E-state index contributed by atoms with van der Waals surface area (Å²) in [7, 11) is 0. The molecular weight excluding hydrogens is 991 g/mol. The second kappa shape index (κ2) is 18.8. The highest BCUT2D eigenvalue weighted by Crippen LogP contribution is 2.45. The van der Waals surface area contributed by atoms with Crippen molar-refractivity contribution in [3.05, 3.63) is 273 Å². The fraction of sp³-hybridized carbons (Fsp3) is 0. The van der Waals surface area contributed by atoms with Crippen LogP contribution in [0.3, 0.4) is 0 Å². The first-order valence-corrected chi connectivity index (χ1v) is 27.1. The molecule has 0 aliphatic heterocycles. The number of rotatable bonds is 9. The highest BCUT2D eigenvalue weighted by Gasteiger charge is 2.26. The predicted molar refractivity (Wildman–Crippen MR) is 329 cm³/mol. The van der Waals surface area contributed by atoms with Crippen LogP contribution in [0, 0.1) is 0 Å². The molecule has 378 valence electrons. The number of hydrogen-bond acceptors (Lipinski definition) is 6. The lowest BCUT2D eigenvalue weighted by Gasteiger charge is -2.16. The van der Waals surface area contributed by atoms with Gasteiger partial charge >= 0.3 is 0 Å². The minimum absolute atomic E-state index is 0.559. The molecule has 0 spiro atoms. The summed E-state index contributed by atoms with van der Waals surface area (Å²) in [4.78, 5) is 31.8. The summed E-state index contributed by atoms with van der Waals surface area (Å²) in [5.74, 6) is 3.51. The van der Waals surface area contributed by atoms with Crippen LogP contribution >= 0.6 is 0 Å². The fourth-order valence-electron chi connectivity index (χ4n) is 12.0. The Kier molecular flexibility index (Phi) is 10.7. The minimum Gasteiger partial charge on any atom is -0.309 e. The summed E-state index contributed by atoms with van der Waals surface area (Å²) in [5.41, 5.74) is 14.6. The van der Waals surface area contributed by atoms with Crippen molar-refractivity contribution in [3.63, 3.8) is 0 Å². The van der Waals surface area contributed by atoms with E-state index >= 15 is 0 Å². The highest BCUT2D eigenvalue weighted by atomic mass is 15.1. The van der Waals surface area contributed by atoms with Gasteiger partial charge in [-0.05, 0) is 66.7 Å². The number of hydrogen-bond donors (Lipinski definition) is 0. The van der Waals surface area contributed by atoms with Crippen molar-refractivity contribution >= 4 is 65.4 Å². The van der Waals surface area contributed by atoms with Crippen molar-refractivity contribution in [2.45, 2.75) is 0 Å². The Hall–Kier alpha value is -11.2. The van der Waals surface area contributed by atoms with Crippen LogP contribution in [-0.2, 0) is 0 Å². The van der Waals surface area contributed by atoms with Crippen LogP contribution in [0.25, 0.3) is 151 Å². The number of fused-ring (bicyclic) bond motifs is 10. The molecule has 11 aromatic carbocycles. The van der Waals surface area contributed by atoms with E-state index in [-0.39, 0.29) is 0 Å². The van der Waals surface area contributed by atoms with E-state index < -0.39 is 0 Å². The van der Waals surface area contributed by atoms with Gasteiger partial charge in [0.05, 0.1) is 50.2 Å². The molecule has 0 amide bonds. The SMILES string of the molecule is c1ccc(-c2nc(-c3ccccc3-n3c4ccccc4c4ccccc43)nc(-c3ccccc3-n3c4ccccc4c4c3ccc3c5ccccc5n(-c5ccccc5-c5nc(-c6ccccc6)nc(-c6ccccc6)n5)c34)n2)cc1. The summed E-state index contributed by atoms with van der Waals surface area (Å²) in [6.07, 6.45) is 0. The number of nitrogens with zero attached hydrogens (tertiary/aromatic N) is 9. The highest BCUT2D eigenvalue weighted by molar-refractivity contribution is 6.26. The van der Waals surface area contributed by atoms with Crippen molar-refractivity contribution in [1.82, 2.24) is 43.6 Å². The molecule has 0 radical (unpaired) electrons. The lowest BCUT2D eigenvalue weighted by Crippen LogP contribution is -2.05. The Morgan fingerprint density at radius 3 is 0.938 bits per heavy atom. The molecule has 9 nitrogen and oxygen atoms in total. The summed E-state index contributed by atoms with van der Waals surface area (Å²) in [5, 5.41) is 6.85. The number of para-hydroxylation sites is 7. The second-order valence-electron chi connectivity index (χ2n) is 20.2. The summed E-state index contributed by atoms with van der Waals surface area (Å²) >= 11 is 0. The van der Waals surface area contributed by atoms with Gasteiger partial charge in [-0.3, -0.25) is 0 Å². The first kappa shape index (κ1) is 46.0. The number of benzene rings is 11. The van der Waals surface area contributed by atoms with Crippen LogP contribution in [0.5, 0.6) is 0 Å². The van der Waals surface area contributed by atoms with Gasteiger partial charge in [0.15, 0.2) is 34.9 Å². The Labute approximate surface area is 465 Å². The van der Waals surface area contributed by atoms with E-state index in [2.05, 4.69) is 208 Å². The smallest absolute Gasteiger partial charge is 0.166 e. The third-order valence-corrected chi connectivity index (χ3v) is 15.6. The average molecular weight is 1040 g/mol. The van der Waals surface area contributed by atoms with Gasteiger partial charge in [0, 0.05) is 65.7 Å². The molecule has 9 heteroatoms. The fourth-order valence-corrected chi connectivity index (χ4v) is 12.0. The molecule has 0 bridgehead atoms. The van der Waals surface area contributed by atoms with E-state index in [1.807, 2.05) is 78.9 Å². The Morgan fingerprint density at radius 1 is 0.198 bits per heavy atom. The van der Waals surface area contributed by atoms with E-state index in [0.29, 0.717) is 34.9 Å². The van der Waals surface area contributed by atoms with Crippen molar-refractivity contribution in [3.8, 4) is 85.4 Å². The average Bonchev–Trinajstić information content (AvgIpc) is 4.40. The normalized spacial score (nSPS) is 11.7. The second-order valence-corrected chi connectivity index (χ2v) is 20.2. The van der Waals surface area contributed by atoms with Crippen molar-refractivity contribution in [2.75, 3.05) is 0 Å². The van der Waals surface area contributed by atoms with Crippen LogP contribution in [0.15, 0.2) is 273 Å². The zero-order chi connectivity index (χ0) is 53.4. The predicted octanol–water partition coefficient (Wildman–Crippen LogP) is 17.3. The van der Waals surface area contributed by atoms with Crippen molar-refractivity contribution in [1.29, 1.82) is 0 Å². The Morgan fingerprint density at radius 2 is 0.494 bits per heavy atom. The van der Waals surface area contributed by atoms with E-state index in [1.165, 1.54) is 10.8 Å². The van der Waals surface area contributed by atoms with Gasteiger partial charge in [-0.2, -0.15) is 0 Å². The molecule has 0 fully saturated rings. The molecule has 0 unspecified atom stereocenters. The topological polar surface area (TPSA) is 92.1 Å². The Balaban J connectivity index is 0.933. The molecule has 0 atom stereocenters. The molecule has 16 aromatic rings. The zero-order valence-corrected chi connectivity index (χ0v) is 43.5. The lowest BCUT2D eigenvalue weighted by molar-refractivity contribution is 1.06. The summed E-state index contributed by atoms with van der Waals surface area (Å²) in [6, 6.07) is 95.1. The van der Waals surface area contributed by atoms with E-state index in [4.69, 9.17) is 29.9 Å². The van der Waals surface area contributed by atoms with Gasteiger partial charge in [-0.15, -0.1) is 0 Å². The first-order valence-electron chi connectivity index (χ1n) is 27.1.